The predicted octanol–water partition coefficient (Wildman–Crippen LogP) is 4.35. The minimum absolute atomic E-state index is 0.0295. The highest BCUT2D eigenvalue weighted by atomic mass is 35.5. The number of carboxylic acid groups (broad SMARTS) is 1. The van der Waals surface area contributed by atoms with Gasteiger partial charge in [-0.1, -0.05) is 48.0 Å². The van der Waals surface area contributed by atoms with Crippen molar-refractivity contribution >= 4 is 52.1 Å². The molecule has 0 unspecified atom stereocenters. The molecular weight excluding hydrogens is 412 g/mol. The molecule has 0 saturated carbocycles. The smallest absolute Gasteiger partial charge is 0.346 e. The van der Waals surface area contributed by atoms with E-state index in [0.717, 1.165) is 11.3 Å². The highest BCUT2D eigenvalue weighted by molar-refractivity contribution is 7.15. The summed E-state index contributed by atoms with van der Waals surface area (Å²) < 4.78 is 0. The average Bonchev–Trinajstić information content (AvgIpc) is 3.19. The molecule has 3 N–H and O–H groups in total. The lowest BCUT2D eigenvalue weighted by molar-refractivity contribution is -0.125. The summed E-state index contributed by atoms with van der Waals surface area (Å²) in [7, 11) is 0. The summed E-state index contributed by atoms with van der Waals surface area (Å²) in [5, 5.41) is 15.9. The van der Waals surface area contributed by atoms with Gasteiger partial charge in [-0.05, 0) is 17.7 Å². The molecule has 3 heterocycles. The number of rotatable bonds is 2. The number of hydrogen-bond donors (Lipinski definition) is 3. The second kappa shape index (κ2) is 6.17. The molecule has 8 heteroatoms. The van der Waals surface area contributed by atoms with Crippen molar-refractivity contribution in [3.63, 3.8) is 0 Å². The lowest BCUT2D eigenvalue weighted by Crippen LogP contribution is -2.42. The molecule has 3 aromatic rings. The third-order valence-corrected chi connectivity index (χ3v) is 7.02. The van der Waals surface area contributed by atoms with Gasteiger partial charge in [0.15, 0.2) is 0 Å². The highest BCUT2D eigenvalue weighted by Gasteiger charge is 2.55. The number of carbonyl (C=O) groups is 3. The largest absolute Gasteiger partial charge is 0.477 e. The van der Waals surface area contributed by atoms with Crippen LogP contribution in [0.3, 0.4) is 0 Å². The monoisotopic (exact) mass is 424 g/mol. The predicted molar refractivity (Wildman–Crippen MR) is 111 cm³/mol. The number of carbonyl (C=O) groups excluding carboxylic acids is 2. The summed E-state index contributed by atoms with van der Waals surface area (Å²) in [6, 6.07) is 14.0. The van der Waals surface area contributed by atoms with Gasteiger partial charge in [-0.25, -0.2) is 4.79 Å². The Labute approximate surface area is 174 Å². The van der Waals surface area contributed by atoms with Gasteiger partial charge in [0.2, 0.25) is 11.8 Å². The number of aromatic carboxylic acids is 1. The van der Waals surface area contributed by atoms with Crippen LogP contribution in [0.15, 0.2) is 48.5 Å². The Morgan fingerprint density at radius 3 is 2.55 bits per heavy atom. The maximum absolute atomic E-state index is 13.2. The zero-order chi connectivity index (χ0) is 20.3. The first-order chi connectivity index (χ1) is 13.9. The number of amides is 2. The van der Waals surface area contributed by atoms with E-state index in [1.165, 1.54) is 0 Å². The van der Waals surface area contributed by atoms with Crippen molar-refractivity contribution in [3.8, 4) is 11.1 Å². The van der Waals surface area contributed by atoms with Crippen molar-refractivity contribution in [2.24, 2.45) is 0 Å². The number of carboxylic acids is 1. The zero-order valence-corrected chi connectivity index (χ0v) is 16.4. The minimum Gasteiger partial charge on any atom is -0.477 e. The van der Waals surface area contributed by atoms with Crippen LogP contribution in [0, 0.1) is 0 Å². The minimum atomic E-state index is -1.26. The number of thiophene rings is 1. The molecule has 0 saturated heterocycles. The molecule has 0 bridgehead atoms. The van der Waals surface area contributed by atoms with E-state index in [1.54, 1.807) is 48.5 Å². The summed E-state index contributed by atoms with van der Waals surface area (Å²) in [5.41, 5.74) is 1.19. The van der Waals surface area contributed by atoms with E-state index >= 15 is 0 Å². The maximum atomic E-state index is 13.2. The highest BCUT2D eigenvalue weighted by Crippen LogP contribution is 2.56. The molecule has 5 rings (SSSR count). The van der Waals surface area contributed by atoms with Crippen LogP contribution in [0.1, 0.15) is 26.5 Å². The van der Waals surface area contributed by atoms with Crippen LogP contribution in [0.5, 0.6) is 0 Å². The van der Waals surface area contributed by atoms with Crippen molar-refractivity contribution < 1.29 is 19.5 Å². The second-order valence-corrected chi connectivity index (χ2v) is 8.35. The van der Waals surface area contributed by atoms with Crippen molar-refractivity contribution in [1.29, 1.82) is 0 Å². The van der Waals surface area contributed by atoms with Gasteiger partial charge in [-0.2, -0.15) is 0 Å². The maximum Gasteiger partial charge on any atom is 0.346 e. The van der Waals surface area contributed by atoms with Crippen LogP contribution < -0.4 is 10.6 Å². The average molecular weight is 425 g/mol. The van der Waals surface area contributed by atoms with Gasteiger partial charge in [0.05, 0.1) is 17.0 Å². The molecule has 0 fully saturated rings. The Morgan fingerprint density at radius 1 is 1.07 bits per heavy atom. The quantitative estimate of drug-likeness (QED) is 0.570. The van der Waals surface area contributed by atoms with E-state index in [2.05, 4.69) is 10.6 Å². The summed E-state index contributed by atoms with van der Waals surface area (Å²) >= 11 is 7.36. The van der Waals surface area contributed by atoms with Gasteiger partial charge in [0.25, 0.3) is 0 Å². The van der Waals surface area contributed by atoms with E-state index in [4.69, 9.17) is 11.6 Å². The van der Waals surface area contributed by atoms with Crippen molar-refractivity contribution in [1.82, 2.24) is 0 Å². The van der Waals surface area contributed by atoms with Gasteiger partial charge >= 0.3 is 5.97 Å². The molecule has 2 aliphatic heterocycles. The Balaban J connectivity index is 1.87. The summed E-state index contributed by atoms with van der Waals surface area (Å²) in [6.07, 6.45) is -0.0929. The SMILES string of the molecule is O=C1C[C@@]2(C(=O)Nc3ccccc32)c2sc(C(=O)O)c(-c3ccccc3Cl)c2N1. The number of fused-ring (bicyclic) bond motifs is 4. The fraction of sp³-hybridized carbons (Fsp3) is 0.0952. The molecule has 144 valence electrons. The molecular formula is C21H13ClN2O4S. The van der Waals surface area contributed by atoms with Crippen LogP contribution in [0.2, 0.25) is 5.02 Å². The standard InChI is InChI=1S/C21H13ClN2O4S/c22-12-7-3-1-5-10(12)15-16-18(29-17(15)19(26)27)21(9-14(25)24-16)11-6-2-4-8-13(11)23-20(21)28/h1-8H,9H2,(H,23,28)(H,24,25)(H,26,27)/t21-/m0/s1. The van der Waals surface area contributed by atoms with Gasteiger partial charge in [-0.3, -0.25) is 9.59 Å². The lowest BCUT2D eigenvalue weighted by Gasteiger charge is -2.31. The fourth-order valence-electron chi connectivity index (χ4n) is 4.14. The Bertz CT molecular complexity index is 1240. The van der Waals surface area contributed by atoms with Crippen molar-refractivity contribution in [2.75, 3.05) is 10.6 Å². The zero-order valence-electron chi connectivity index (χ0n) is 14.8. The molecule has 2 aromatic carbocycles. The number of benzene rings is 2. The Hall–Kier alpha value is -3.16. The molecule has 29 heavy (non-hydrogen) atoms. The first-order valence-electron chi connectivity index (χ1n) is 8.80. The Morgan fingerprint density at radius 2 is 1.79 bits per heavy atom. The number of halogens is 1. The Kier molecular flexibility index (Phi) is 3.81. The number of nitrogens with one attached hydrogen (secondary N) is 2. The normalized spacial score (nSPS) is 19.5. The number of hydrogen-bond acceptors (Lipinski definition) is 4. The molecule has 2 amide bonds. The second-order valence-electron chi connectivity index (χ2n) is 6.93. The van der Waals surface area contributed by atoms with Gasteiger partial charge in [0, 0.05) is 21.8 Å². The lowest BCUT2D eigenvalue weighted by atomic mass is 9.74. The molecule has 1 aromatic heterocycles. The van der Waals surface area contributed by atoms with E-state index in [-0.39, 0.29) is 23.1 Å². The summed E-state index contributed by atoms with van der Waals surface area (Å²) in [6.45, 7) is 0. The molecule has 0 radical (unpaired) electrons. The number of anilines is 2. The van der Waals surface area contributed by atoms with Crippen molar-refractivity contribution in [3.05, 3.63) is 68.9 Å². The van der Waals surface area contributed by atoms with E-state index < -0.39 is 11.4 Å². The van der Waals surface area contributed by atoms with Crippen LogP contribution in [-0.2, 0) is 15.0 Å². The summed E-state index contributed by atoms with van der Waals surface area (Å²) in [5.74, 6) is -1.83. The summed E-state index contributed by atoms with van der Waals surface area (Å²) in [4.78, 5) is 38.5. The molecule has 1 spiro atoms. The molecule has 1 atom stereocenters. The van der Waals surface area contributed by atoms with Gasteiger partial charge < -0.3 is 15.7 Å². The number of para-hydroxylation sites is 1. The topological polar surface area (TPSA) is 95.5 Å². The van der Waals surface area contributed by atoms with E-state index in [9.17, 15) is 19.5 Å². The van der Waals surface area contributed by atoms with Crippen LogP contribution in [0.4, 0.5) is 11.4 Å². The van der Waals surface area contributed by atoms with Gasteiger partial charge in [0.1, 0.15) is 10.3 Å². The fourth-order valence-corrected chi connectivity index (χ4v) is 5.68. The van der Waals surface area contributed by atoms with E-state index in [0.29, 0.717) is 38.0 Å². The third kappa shape index (κ3) is 2.38. The van der Waals surface area contributed by atoms with E-state index in [1.807, 2.05) is 0 Å². The molecule has 6 nitrogen and oxygen atoms in total. The molecule has 2 aliphatic rings. The molecule has 0 aliphatic carbocycles. The first kappa shape index (κ1) is 17.9. The first-order valence-corrected chi connectivity index (χ1v) is 9.99. The van der Waals surface area contributed by atoms with Crippen LogP contribution >= 0.6 is 22.9 Å². The van der Waals surface area contributed by atoms with Crippen molar-refractivity contribution in [2.45, 2.75) is 11.8 Å². The third-order valence-electron chi connectivity index (χ3n) is 5.35. The van der Waals surface area contributed by atoms with Gasteiger partial charge in [-0.15, -0.1) is 11.3 Å². The van der Waals surface area contributed by atoms with Crippen LogP contribution in [-0.4, -0.2) is 22.9 Å². The van der Waals surface area contributed by atoms with Crippen LogP contribution in [0.25, 0.3) is 11.1 Å².